The van der Waals surface area contributed by atoms with Crippen molar-refractivity contribution in [2.75, 3.05) is 0 Å². The molecule has 0 amide bonds. The number of carbonyl (C=O) groups is 2. The maximum absolute atomic E-state index is 13.5. The predicted octanol–water partition coefficient (Wildman–Crippen LogP) is 4.01. The van der Waals surface area contributed by atoms with Gasteiger partial charge in [-0.2, -0.15) is 0 Å². The van der Waals surface area contributed by atoms with Crippen LogP contribution in [0.2, 0.25) is 0 Å². The SMILES string of the molecule is CC(C)(C)C(=O)Sc1cc(C(=O)Cl)c(F)cc1F. The quantitative estimate of drug-likeness (QED) is 0.610. The molecule has 0 N–H and O–H groups in total. The first-order chi connectivity index (χ1) is 8.12. The van der Waals surface area contributed by atoms with Crippen molar-refractivity contribution >= 4 is 33.7 Å². The Bertz CT molecular complexity index is 510. The molecule has 0 bridgehead atoms. The summed E-state index contributed by atoms with van der Waals surface area (Å²) in [5.74, 6) is -1.93. The molecular weight excluding hydrogens is 282 g/mol. The molecule has 6 heteroatoms. The molecule has 1 rings (SSSR count). The van der Waals surface area contributed by atoms with Crippen molar-refractivity contribution in [2.24, 2.45) is 5.41 Å². The summed E-state index contributed by atoms with van der Waals surface area (Å²) in [5, 5.41) is -1.32. The van der Waals surface area contributed by atoms with Gasteiger partial charge in [0.25, 0.3) is 5.24 Å². The third kappa shape index (κ3) is 3.53. The highest BCUT2D eigenvalue weighted by molar-refractivity contribution is 8.13. The summed E-state index contributed by atoms with van der Waals surface area (Å²) >= 11 is 5.79. The van der Waals surface area contributed by atoms with E-state index < -0.39 is 27.9 Å². The zero-order valence-electron chi connectivity index (χ0n) is 10.0. The van der Waals surface area contributed by atoms with E-state index in [1.807, 2.05) is 0 Å². The van der Waals surface area contributed by atoms with Gasteiger partial charge in [0.05, 0.1) is 10.5 Å². The Kier molecular flexibility index (Phi) is 4.50. The fourth-order valence-electron chi connectivity index (χ4n) is 1.01. The monoisotopic (exact) mass is 292 g/mol. The summed E-state index contributed by atoms with van der Waals surface area (Å²) in [4.78, 5) is 22.5. The summed E-state index contributed by atoms with van der Waals surface area (Å²) in [6, 6.07) is 1.50. The van der Waals surface area contributed by atoms with Gasteiger partial charge in [0.1, 0.15) is 11.6 Å². The third-order valence-electron chi connectivity index (χ3n) is 2.05. The second-order valence-corrected chi connectivity index (χ2v) is 6.03. The largest absolute Gasteiger partial charge is 0.286 e. The van der Waals surface area contributed by atoms with E-state index in [1.165, 1.54) is 0 Å². The summed E-state index contributed by atoms with van der Waals surface area (Å²) in [6.45, 7) is 5.03. The van der Waals surface area contributed by atoms with Crippen LogP contribution in [0.4, 0.5) is 8.78 Å². The minimum absolute atomic E-state index is 0.111. The van der Waals surface area contributed by atoms with Gasteiger partial charge in [0, 0.05) is 11.5 Å². The molecule has 0 radical (unpaired) electrons. The van der Waals surface area contributed by atoms with Crippen molar-refractivity contribution in [3.05, 3.63) is 29.3 Å². The van der Waals surface area contributed by atoms with Crippen molar-refractivity contribution in [2.45, 2.75) is 25.7 Å². The van der Waals surface area contributed by atoms with Gasteiger partial charge >= 0.3 is 0 Å². The number of hydrogen-bond donors (Lipinski definition) is 0. The maximum atomic E-state index is 13.5. The molecule has 0 heterocycles. The number of thioether (sulfide) groups is 1. The van der Waals surface area contributed by atoms with Crippen LogP contribution in [0, 0.1) is 17.0 Å². The van der Waals surface area contributed by atoms with Crippen LogP contribution in [0.3, 0.4) is 0 Å². The highest BCUT2D eigenvalue weighted by atomic mass is 35.5. The molecule has 1 aromatic carbocycles. The number of halogens is 3. The Hall–Kier alpha value is -0.940. The molecule has 98 valence electrons. The van der Waals surface area contributed by atoms with Gasteiger partial charge in [0.15, 0.2) is 5.12 Å². The van der Waals surface area contributed by atoms with Crippen LogP contribution < -0.4 is 0 Å². The molecule has 0 atom stereocenters. The van der Waals surface area contributed by atoms with E-state index in [-0.39, 0.29) is 10.0 Å². The Morgan fingerprint density at radius 2 is 1.72 bits per heavy atom. The fraction of sp³-hybridized carbons (Fsp3) is 0.333. The average Bonchev–Trinajstić information content (AvgIpc) is 2.19. The first-order valence-electron chi connectivity index (χ1n) is 5.04. The van der Waals surface area contributed by atoms with Gasteiger partial charge in [-0.25, -0.2) is 8.78 Å². The molecular formula is C12H11ClF2O2S. The van der Waals surface area contributed by atoms with E-state index in [4.69, 9.17) is 11.6 Å². The second-order valence-electron chi connectivity index (χ2n) is 4.68. The lowest BCUT2D eigenvalue weighted by Crippen LogP contribution is -2.16. The highest BCUT2D eigenvalue weighted by Crippen LogP contribution is 2.32. The molecule has 0 saturated carbocycles. The van der Waals surface area contributed by atoms with Gasteiger partial charge in [-0.1, -0.05) is 20.8 Å². The van der Waals surface area contributed by atoms with Crippen LogP contribution in [0.15, 0.2) is 17.0 Å². The highest BCUT2D eigenvalue weighted by Gasteiger charge is 2.25. The van der Waals surface area contributed by atoms with Crippen LogP contribution in [-0.2, 0) is 4.79 Å². The number of hydrogen-bond acceptors (Lipinski definition) is 3. The van der Waals surface area contributed by atoms with Crippen LogP contribution in [0.1, 0.15) is 31.1 Å². The Balaban J connectivity index is 3.14. The second kappa shape index (κ2) is 5.36. The summed E-state index contributed by atoms with van der Waals surface area (Å²) < 4.78 is 26.7. The normalized spacial score (nSPS) is 11.4. The van der Waals surface area contributed by atoms with Crippen LogP contribution in [-0.4, -0.2) is 10.4 Å². The van der Waals surface area contributed by atoms with Gasteiger partial charge < -0.3 is 0 Å². The Labute approximate surface area is 113 Å². The molecule has 0 aliphatic heterocycles. The van der Waals surface area contributed by atoms with Gasteiger partial charge in [-0.05, 0) is 29.4 Å². The Morgan fingerprint density at radius 1 is 1.17 bits per heavy atom. The lowest BCUT2D eigenvalue weighted by atomic mass is 10.00. The maximum Gasteiger partial charge on any atom is 0.255 e. The zero-order chi connectivity index (χ0) is 14.1. The van der Waals surface area contributed by atoms with Crippen molar-refractivity contribution in [1.82, 2.24) is 0 Å². The standard InChI is InChI=1S/C12H11ClF2O2S/c1-12(2,3)11(17)18-9-4-6(10(13)16)7(14)5-8(9)15/h4-5H,1-3H3. The van der Waals surface area contributed by atoms with Crippen molar-refractivity contribution in [3.63, 3.8) is 0 Å². The van der Waals surface area contributed by atoms with Crippen molar-refractivity contribution in [1.29, 1.82) is 0 Å². The minimum Gasteiger partial charge on any atom is -0.286 e. The number of benzene rings is 1. The van der Waals surface area contributed by atoms with Crippen molar-refractivity contribution in [3.8, 4) is 0 Å². The smallest absolute Gasteiger partial charge is 0.255 e. The molecule has 0 saturated heterocycles. The number of rotatable bonds is 2. The van der Waals surface area contributed by atoms with E-state index in [9.17, 15) is 18.4 Å². The molecule has 0 fully saturated rings. The molecule has 0 aliphatic carbocycles. The van der Waals surface area contributed by atoms with Crippen LogP contribution in [0.5, 0.6) is 0 Å². The van der Waals surface area contributed by atoms with Gasteiger partial charge in [-0.3, -0.25) is 9.59 Å². The molecule has 0 spiro atoms. The molecule has 2 nitrogen and oxygen atoms in total. The Morgan fingerprint density at radius 3 is 2.17 bits per heavy atom. The summed E-state index contributed by atoms with van der Waals surface area (Å²) in [5.41, 5.74) is -1.11. The third-order valence-corrected chi connectivity index (χ3v) is 3.58. The fourth-order valence-corrected chi connectivity index (χ4v) is 1.99. The van der Waals surface area contributed by atoms with Gasteiger partial charge in [0.2, 0.25) is 0 Å². The lowest BCUT2D eigenvalue weighted by molar-refractivity contribution is -0.117. The molecule has 0 aliphatic rings. The number of carbonyl (C=O) groups excluding carboxylic acids is 2. The minimum atomic E-state index is -1.04. The first kappa shape index (κ1) is 15.1. The van der Waals surface area contributed by atoms with Gasteiger partial charge in [-0.15, -0.1) is 0 Å². The topological polar surface area (TPSA) is 34.1 Å². The summed E-state index contributed by atoms with van der Waals surface area (Å²) in [6.07, 6.45) is 0. The van der Waals surface area contributed by atoms with E-state index in [0.717, 1.165) is 6.07 Å². The average molecular weight is 293 g/mol. The van der Waals surface area contributed by atoms with E-state index in [1.54, 1.807) is 20.8 Å². The first-order valence-corrected chi connectivity index (χ1v) is 6.23. The van der Waals surface area contributed by atoms with E-state index >= 15 is 0 Å². The molecule has 18 heavy (non-hydrogen) atoms. The predicted molar refractivity (Wildman–Crippen MR) is 66.9 cm³/mol. The lowest BCUT2D eigenvalue weighted by Gasteiger charge is -2.16. The van der Waals surface area contributed by atoms with Crippen LogP contribution in [0.25, 0.3) is 0 Å². The van der Waals surface area contributed by atoms with Crippen molar-refractivity contribution < 1.29 is 18.4 Å². The van der Waals surface area contributed by atoms with E-state index in [0.29, 0.717) is 17.8 Å². The molecule has 0 aromatic heterocycles. The van der Waals surface area contributed by atoms with E-state index in [2.05, 4.69) is 0 Å². The molecule has 1 aromatic rings. The molecule has 0 unspecified atom stereocenters. The summed E-state index contributed by atoms with van der Waals surface area (Å²) in [7, 11) is 0. The zero-order valence-corrected chi connectivity index (χ0v) is 11.6. The van der Waals surface area contributed by atoms with Crippen LogP contribution >= 0.6 is 23.4 Å².